The summed E-state index contributed by atoms with van der Waals surface area (Å²) < 4.78 is 29.5. The van der Waals surface area contributed by atoms with Crippen molar-refractivity contribution in [2.45, 2.75) is 37.7 Å². The Morgan fingerprint density at radius 1 is 0.854 bits per heavy atom. The Labute approximate surface area is 282 Å². The first-order chi connectivity index (χ1) is 22.9. The first-order valence-electron chi connectivity index (χ1n) is 16.4. The fourth-order valence-corrected chi connectivity index (χ4v) is 8.49. The summed E-state index contributed by atoms with van der Waals surface area (Å²) in [6.07, 6.45) is 3.92. The van der Waals surface area contributed by atoms with Crippen molar-refractivity contribution in [1.82, 2.24) is 18.8 Å². The number of β-amino-alcohol motifs (C(OH)–C–C–N with tert-alkyl or cyclic N) is 1. The molecule has 3 aromatic carbocycles. The third-order valence-electron chi connectivity index (χ3n) is 9.80. The topological polar surface area (TPSA) is 99.0 Å². The molecule has 0 saturated carbocycles. The fraction of sp³-hybridized carbons (Fsp3) is 0.316. The van der Waals surface area contributed by atoms with Gasteiger partial charge in [-0.05, 0) is 92.9 Å². The highest BCUT2D eigenvalue weighted by atomic mass is 32.2. The van der Waals surface area contributed by atoms with Gasteiger partial charge < -0.3 is 19.8 Å². The van der Waals surface area contributed by atoms with Crippen LogP contribution in [0.2, 0.25) is 0 Å². The Bertz CT molecular complexity index is 2130. The highest BCUT2D eigenvalue weighted by Crippen LogP contribution is 2.36. The van der Waals surface area contributed by atoms with E-state index in [4.69, 9.17) is 4.98 Å². The molecule has 1 amide bonds. The zero-order valence-electron chi connectivity index (χ0n) is 27.8. The second-order valence-corrected chi connectivity index (χ2v) is 15.3. The Hall–Kier alpha value is -4.51. The summed E-state index contributed by atoms with van der Waals surface area (Å²) in [5.74, 6) is -0.136. The van der Waals surface area contributed by atoms with Gasteiger partial charge in [-0.1, -0.05) is 36.4 Å². The largest absolute Gasteiger partial charge is 0.388 e. The molecule has 0 aliphatic carbocycles. The van der Waals surface area contributed by atoms with Crippen molar-refractivity contribution < 1.29 is 18.3 Å². The number of hydrogen-bond donors (Lipinski definition) is 1. The molecule has 48 heavy (non-hydrogen) atoms. The van der Waals surface area contributed by atoms with Crippen molar-refractivity contribution >= 4 is 32.7 Å². The number of likely N-dealkylation sites (N-methyl/N-ethyl adjacent to an activating group) is 1. The zero-order valence-corrected chi connectivity index (χ0v) is 28.7. The van der Waals surface area contributed by atoms with Crippen LogP contribution in [0.25, 0.3) is 33.3 Å². The maximum Gasteiger partial charge on any atom is 0.269 e. The minimum absolute atomic E-state index is 0.136. The van der Waals surface area contributed by atoms with E-state index in [9.17, 15) is 18.3 Å². The highest BCUT2D eigenvalue weighted by molar-refractivity contribution is 7.90. The minimum Gasteiger partial charge on any atom is -0.388 e. The van der Waals surface area contributed by atoms with E-state index < -0.39 is 15.6 Å². The predicted molar refractivity (Wildman–Crippen MR) is 190 cm³/mol. The summed E-state index contributed by atoms with van der Waals surface area (Å²) in [6.45, 7) is 10.5. The Kier molecular flexibility index (Phi) is 8.14. The summed E-state index contributed by atoms with van der Waals surface area (Å²) >= 11 is 0. The van der Waals surface area contributed by atoms with E-state index in [0.29, 0.717) is 47.2 Å². The van der Waals surface area contributed by atoms with E-state index in [1.54, 1.807) is 61.5 Å². The molecule has 0 bridgehead atoms. The average Bonchev–Trinajstić information content (AvgIpc) is 3.65. The van der Waals surface area contributed by atoms with E-state index in [0.717, 1.165) is 42.9 Å². The molecule has 2 aromatic heterocycles. The number of fused-ring (bicyclic) bond motifs is 1. The van der Waals surface area contributed by atoms with E-state index in [1.807, 2.05) is 24.3 Å². The maximum absolute atomic E-state index is 14.1. The monoisotopic (exact) mass is 663 g/mol. The van der Waals surface area contributed by atoms with E-state index in [1.165, 1.54) is 15.2 Å². The number of amides is 1. The lowest BCUT2D eigenvalue weighted by molar-refractivity contribution is 0.0572. The number of aryl methyl sites for hydroxylation is 2. The van der Waals surface area contributed by atoms with Gasteiger partial charge in [0.25, 0.3) is 15.9 Å². The summed E-state index contributed by atoms with van der Waals surface area (Å²) in [4.78, 5) is 24.6. The molecule has 7 rings (SSSR count). The van der Waals surface area contributed by atoms with Gasteiger partial charge in [0.05, 0.1) is 10.5 Å². The van der Waals surface area contributed by atoms with Gasteiger partial charge in [-0.15, -0.1) is 0 Å². The van der Waals surface area contributed by atoms with Crippen molar-refractivity contribution in [3.8, 4) is 22.3 Å². The number of aromatic nitrogens is 2. The number of nitrogens with zero attached hydrogens (tertiary/aromatic N) is 5. The fourth-order valence-electron chi connectivity index (χ4n) is 6.93. The van der Waals surface area contributed by atoms with Crippen LogP contribution in [0.15, 0.2) is 90.1 Å². The first kappa shape index (κ1) is 32.1. The van der Waals surface area contributed by atoms with E-state index in [-0.39, 0.29) is 10.8 Å². The summed E-state index contributed by atoms with van der Waals surface area (Å²) in [5, 5.41) is 11.1. The number of likely N-dealkylation sites (tertiary alicyclic amines) is 1. The number of carbonyl (C=O) groups excluding carboxylic acids is 1. The second kappa shape index (κ2) is 12.2. The molecule has 5 aromatic rings. The van der Waals surface area contributed by atoms with Gasteiger partial charge >= 0.3 is 0 Å². The van der Waals surface area contributed by atoms with Gasteiger partial charge in [-0.25, -0.2) is 17.4 Å². The molecule has 1 unspecified atom stereocenters. The normalized spacial score (nSPS) is 18.9. The molecule has 248 valence electrons. The third-order valence-corrected chi connectivity index (χ3v) is 11.6. The SMILES string of the molecule is Cc1cc(-c2cnc3c(c2)c(-c2ccc(C(=O)N4CCC(C)(O)C4)cc2)cn3S(=O)(=O)c2ccccc2C)ccc1N1CCN(C)CC1. The smallest absolute Gasteiger partial charge is 0.269 e. The Morgan fingerprint density at radius 2 is 1.56 bits per heavy atom. The minimum atomic E-state index is -3.97. The van der Waals surface area contributed by atoms with Gasteiger partial charge in [0, 0.05) is 79.4 Å². The number of anilines is 1. The van der Waals surface area contributed by atoms with E-state index >= 15 is 0 Å². The molecule has 2 fully saturated rings. The van der Waals surface area contributed by atoms with Gasteiger partial charge in [-0.3, -0.25) is 4.79 Å². The van der Waals surface area contributed by atoms with Crippen molar-refractivity contribution in [3.63, 3.8) is 0 Å². The van der Waals surface area contributed by atoms with Crippen LogP contribution in [0.4, 0.5) is 5.69 Å². The van der Waals surface area contributed by atoms with Crippen molar-refractivity contribution in [1.29, 1.82) is 0 Å². The number of piperazine rings is 1. The zero-order chi connectivity index (χ0) is 33.8. The van der Waals surface area contributed by atoms with Crippen molar-refractivity contribution in [2.24, 2.45) is 0 Å². The molecule has 1 N–H and O–H groups in total. The molecule has 0 spiro atoms. The summed E-state index contributed by atoms with van der Waals surface area (Å²) in [7, 11) is -1.82. The van der Waals surface area contributed by atoms with Crippen LogP contribution >= 0.6 is 0 Å². The first-order valence-corrected chi connectivity index (χ1v) is 17.8. The van der Waals surface area contributed by atoms with Gasteiger partial charge in [0.15, 0.2) is 5.65 Å². The van der Waals surface area contributed by atoms with Crippen LogP contribution in [0.5, 0.6) is 0 Å². The molecule has 2 saturated heterocycles. The molecule has 2 aliphatic heterocycles. The molecule has 1 atom stereocenters. The second-order valence-electron chi connectivity index (χ2n) is 13.5. The number of pyridine rings is 1. The lowest BCUT2D eigenvalue weighted by Crippen LogP contribution is -2.44. The number of hydrogen-bond acceptors (Lipinski definition) is 7. The van der Waals surface area contributed by atoms with Crippen molar-refractivity contribution in [2.75, 3.05) is 51.2 Å². The van der Waals surface area contributed by atoms with Crippen LogP contribution in [-0.4, -0.2) is 90.1 Å². The third kappa shape index (κ3) is 5.89. The van der Waals surface area contributed by atoms with E-state index in [2.05, 4.69) is 42.0 Å². The Balaban J connectivity index is 1.30. The number of aliphatic hydroxyl groups is 1. The molecule has 2 aliphatic rings. The molecule has 0 radical (unpaired) electrons. The molecule has 9 nitrogen and oxygen atoms in total. The van der Waals surface area contributed by atoms with Crippen LogP contribution in [0.3, 0.4) is 0 Å². The van der Waals surface area contributed by atoms with Gasteiger partial charge in [0.1, 0.15) is 0 Å². The standard InChI is InChI=1S/C38H41N5O4S/c1-26-7-5-6-8-35(26)48(46,47)43-24-33(28-9-11-29(12-10-28)37(44)42-16-15-38(3,45)25-42)32-22-31(23-39-36(32)43)30-13-14-34(27(2)21-30)41-19-17-40(4)18-20-41/h5-14,21-24,45H,15-20,25H2,1-4H3. The molecule has 10 heteroatoms. The summed E-state index contributed by atoms with van der Waals surface area (Å²) in [5.41, 5.74) is 6.38. The lowest BCUT2D eigenvalue weighted by atomic mass is 9.99. The maximum atomic E-state index is 14.1. The highest BCUT2D eigenvalue weighted by Gasteiger charge is 2.34. The van der Waals surface area contributed by atoms with Crippen LogP contribution < -0.4 is 4.90 Å². The van der Waals surface area contributed by atoms with Crippen LogP contribution in [0, 0.1) is 13.8 Å². The molecular weight excluding hydrogens is 623 g/mol. The average molecular weight is 664 g/mol. The van der Waals surface area contributed by atoms with Gasteiger partial charge in [-0.2, -0.15) is 0 Å². The summed E-state index contributed by atoms with van der Waals surface area (Å²) in [6, 6.07) is 22.6. The molecule has 4 heterocycles. The Morgan fingerprint density at radius 3 is 2.23 bits per heavy atom. The number of rotatable bonds is 6. The van der Waals surface area contributed by atoms with Crippen molar-refractivity contribution in [3.05, 3.63) is 102 Å². The number of carbonyl (C=O) groups is 1. The molecular formula is C38H41N5O4S. The lowest BCUT2D eigenvalue weighted by Gasteiger charge is -2.35. The van der Waals surface area contributed by atoms with Crippen LogP contribution in [-0.2, 0) is 10.0 Å². The number of benzene rings is 3. The van der Waals surface area contributed by atoms with Gasteiger partial charge in [0.2, 0.25) is 0 Å². The predicted octanol–water partition coefficient (Wildman–Crippen LogP) is 5.57. The quantitative estimate of drug-likeness (QED) is 0.254. The van der Waals surface area contributed by atoms with Crippen LogP contribution in [0.1, 0.15) is 34.8 Å².